The minimum atomic E-state index is 0.580. The third-order valence-electron chi connectivity index (χ3n) is 3.50. The Morgan fingerprint density at radius 2 is 2.25 bits per heavy atom. The quantitative estimate of drug-likeness (QED) is 0.790. The minimum Gasteiger partial charge on any atom is -0.478 e. The summed E-state index contributed by atoms with van der Waals surface area (Å²) in [7, 11) is 0. The molecular formula is C15H26N4O. The molecule has 1 fully saturated rings. The van der Waals surface area contributed by atoms with Crippen molar-refractivity contribution >= 4 is 5.82 Å². The second-order valence-corrected chi connectivity index (χ2v) is 5.30. The molecule has 1 saturated heterocycles. The van der Waals surface area contributed by atoms with E-state index in [2.05, 4.69) is 34.0 Å². The molecule has 1 aromatic rings. The summed E-state index contributed by atoms with van der Waals surface area (Å²) in [4.78, 5) is 10.9. The van der Waals surface area contributed by atoms with Crippen LogP contribution in [0.1, 0.15) is 39.5 Å². The molecule has 1 aliphatic heterocycles. The standard InChI is InChI=1S/C15H26N4O/c1-3-8-19(11-13-6-5-7-16-13)14-10-15(18-12-17-14)20-9-4-2/h10,12-13,16H,3-9,11H2,1-2H3. The van der Waals surface area contributed by atoms with Crippen LogP contribution in [0.15, 0.2) is 12.4 Å². The van der Waals surface area contributed by atoms with Gasteiger partial charge in [-0.3, -0.25) is 0 Å². The fraction of sp³-hybridized carbons (Fsp3) is 0.733. The molecule has 1 N–H and O–H groups in total. The van der Waals surface area contributed by atoms with Gasteiger partial charge >= 0.3 is 0 Å². The van der Waals surface area contributed by atoms with Crippen molar-refractivity contribution in [3.8, 4) is 5.88 Å². The van der Waals surface area contributed by atoms with Crippen molar-refractivity contribution in [1.82, 2.24) is 15.3 Å². The zero-order valence-electron chi connectivity index (χ0n) is 12.6. The van der Waals surface area contributed by atoms with Gasteiger partial charge in [0.15, 0.2) is 0 Å². The summed E-state index contributed by atoms with van der Waals surface area (Å²) in [5.74, 6) is 1.65. The Morgan fingerprint density at radius 3 is 2.95 bits per heavy atom. The average Bonchev–Trinajstić information content (AvgIpc) is 2.98. The van der Waals surface area contributed by atoms with Crippen molar-refractivity contribution in [3.63, 3.8) is 0 Å². The number of aromatic nitrogens is 2. The van der Waals surface area contributed by atoms with Crippen LogP contribution < -0.4 is 15.0 Å². The molecule has 2 heterocycles. The van der Waals surface area contributed by atoms with Gasteiger partial charge in [0.05, 0.1) is 6.61 Å². The highest BCUT2D eigenvalue weighted by molar-refractivity contribution is 5.41. The van der Waals surface area contributed by atoms with Crippen molar-refractivity contribution in [1.29, 1.82) is 0 Å². The van der Waals surface area contributed by atoms with E-state index in [1.165, 1.54) is 12.8 Å². The monoisotopic (exact) mass is 278 g/mol. The highest BCUT2D eigenvalue weighted by Crippen LogP contribution is 2.18. The van der Waals surface area contributed by atoms with Gasteiger partial charge in [0.25, 0.3) is 0 Å². The largest absolute Gasteiger partial charge is 0.478 e. The Labute approximate surface area is 121 Å². The van der Waals surface area contributed by atoms with Gasteiger partial charge in [0, 0.05) is 25.2 Å². The molecule has 112 valence electrons. The van der Waals surface area contributed by atoms with Gasteiger partial charge in [-0.05, 0) is 32.2 Å². The van der Waals surface area contributed by atoms with E-state index in [0.29, 0.717) is 18.5 Å². The van der Waals surface area contributed by atoms with E-state index in [1.54, 1.807) is 6.33 Å². The number of nitrogens with zero attached hydrogens (tertiary/aromatic N) is 3. The molecule has 0 aromatic carbocycles. The second kappa shape index (κ2) is 8.04. The number of anilines is 1. The number of hydrogen-bond acceptors (Lipinski definition) is 5. The smallest absolute Gasteiger partial charge is 0.218 e. The summed E-state index contributed by atoms with van der Waals surface area (Å²) in [6.45, 7) is 8.16. The highest BCUT2D eigenvalue weighted by Gasteiger charge is 2.18. The van der Waals surface area contributed by atoms with Crippen LogP contribution in [0.5, 0.6) is 5.88 Å². The maximum atomic E-state index is 5.60. The van der Waals surface area contributed by atoms with Crippen LogP contribution in [0.2, 0.25) is 0 Å². The summed E-state index contributed by atoms with van der Waals surface area (Å²) >= 11 is 0. The van der Waals surface area contributed by atoms with Crippen molar-refractivity contribution < 1.29 is 4.74 Å². The fourth-order valence-electron chi connectivity index (χ4n) is 2.54. The van der Waals surface area contributed by atoms with Gasteiger partial charge < -0.3 is 15.0 Å². The molecule has 20 heavy (non-hydrogen) atoms. The number of hydrogen-bond donors (Lipinski definition) is 1. The lowest BCUT2D eigenvalue weighted by molar-refractivity contribution is 0.304. The van der Waals surface area contributed by atoms with E-state index in [9.17, 15) is 0 Å². The molecule has 0 bridgehead atoms. The van der Waals surface area contributed by atoms with E-state index < -0.39 is 0 Å². The van der Waals surface area contributed by atoms with E-state index in [4.69, 9.17) is 4.74 Å². The van der Waals surface area contributed by atoms with Crippen molar-refractivity contribution in [2.75, 3.05) is 31.1 Å². The maximum Gasteiger partial charge on any atom is 0.218 e. The van der Waals surface area contributed by atoms with Gasteiger partial charge in [-0.1, -0.05) is 13.8 Å². The van der Waals surface area contributed by atoms with E-state index in [0.717, 1.165) is 38.3 Å². The first-order valence-electron chi connectivity index (χ1n) is 7.76. The van der Waals surface area contributed by atoms with E-state index >= 15 is 0 Å². The Hall–Kier alpha value is -1.36. The molecule has 1 atom stereocenters. The molecule has 1 unspecified atom stereocenters. The molecule has 1 aliphatic rings. The van der Waals surface area contributed by atoms with Crippen LogP contribution in [0.3, 0.4) is 0 Å². The van der Waals surface area contributed by atoms with Crippen LogP contribution in [0.25, 0.3) is 0 Å². The molecular weight excluding hydrogens is 252 g/mol. The average molecular weight is 278 g/mol. The lowest BCUT2D eigenvalue weighted by atomic mass is 10.2. The van der Waals surface area contributed by atoms with Crippen molar-refractivity contribution in [2.24, 2.45) is 0 Å². The molecule has 1 aromatic heterocycles. The van der Waals surface area contributed by atoms with Crippen LogP contribution >= 0.6 is 0 Å². The zero-order chi connectivity index (χ0) is 14.2. The number of nitrogens with one attached hydrogen (secondary N) is 1. The Kier molecular flexibility index (Phi) is 6.05. The third-order valence-corrected chi connectivity index (χ3v) is 3.50. The van der Waals surface area contributed by atoms with Crippen LogP contribution in [-0.4, -0.2) is 42.3 Å². The van der Waals surface area contributed by atoms with Crippen LogP contribution in [0.4, 0.5) is 5.82 Å². The molecule has 5 heteroatoms. The van der Waals surface area contributed by atoms with Crippen molar-refractivity contribution in [3.05, 3.63) is 12.4 Å². The second-order valence-electron chi connectivity index (χ2n) is 5.30. The van der Waals surface area contributed by atoms with Crippen molar-refractivity contribution in [2.45, 2.75) is 45.6 Å². The summed E-state index contributed by atoms with van der Waals surface area (Å²) in [5.41, 5.74) is 0. The SMILES string of the molecule is CCCOc1cc(N(CCC)CC2CCCN2)ncn1. The van der Waals surface area contributed by atoms with Crippen LogP contribution in [-0.2, 0) is 0 Å². The Morgan fingerprint density at radius 1 is 1.35 bits per heavy atom. The first-order chi connectivity index (χ1) is 9.83. The van der Waals surface area contributed by atoms with Gasteiger partial charge in [0.2, 0.25) is 5.88 Å². The topological polar surface area (TPSA) is 50.3 Å². The van der Waals surface area contributed by atoms with Gasteiger partial charge in [-0.25, -0.2) is 9.97 Å². The van der Waals surface area contributed by atoms with Gasteiger partial charge in [-0.15, -0.1) is 0 Å². The van der Waals surface area contributed by atoms with E-state index in [-0.39, 0.29) is 0 Å². The summed E-state index contributed by atoms with van der Waals surface area (Å²) < 4.78 is 5.60. The predicted octanol–water partition coefficient (Wildman–Crippen LogP) is 2.23. The molecule has 0 amide bonds. The van der Waals surface area contributed by atoms with Crippen LogP contribution in [0, 0.1) is 0 Å². The third kappa shape index (κ3) is 4.34. The Balaban J connectivity index is 2.02. The number of ether oxygens (including phenoxy) is 1. The van der Waals surface area contributed by atoms with Gasteiger partial charge in [0.1, 0.15) is 12.1 Å². The molecule has 0 saturated carbocycles. The lowest BCUT2D eigenvalue weighted by Gasteiger charge is -2.26. The summed E-state index contributed by atoms with van der Waals surface area (Å²) in [6.07, 6.45) is 6.24. The normalized spacial score (nSPS) is 18.2. The number of rotatable bonds is 8. The first-order valence-corrected chi connectivity index (χ1v) is 7.76. The van der Waals surface area contributed by atoms with E-state index in [1.807, 2.05) is 6.07 Å². The summed E-state index contributed by atoms with van der Waals surface area (Å²) in [6, 6.07) is 2.54. The molecule has 0 radical (unpaired) electrons. The summed E-state index contributed by atoms with van der Waals surface area (Å²) in [5, 5.41) is 3.55. The maximum absolute atomic E-state index is 5.60. The highest BCUT2D eigenvalue weighted by atomic mass is 16.5. The minimum absolute atomic E-state index is 0.580. The Bertz CT molecular complexity index is 393. The van der Waals surface area contributed by atoms with Gasteiger partial charge in [-0.2, -0.15) is 0 Å². The predicted molar refractivity (Wildman–Crippen MR) is 81.3 cm³/mol. The fourth-order valence-corrected chi connectivity index (χ4v) is 2.54. The lowest BCUT2D eigenvalue weighted by Crippen LogP contribution is -2.38. The molecule has 0 spiro atoms. The molecule has 0 aliphatic carbocycles. The zero-order valence-corrected chi connectivity index (χ0v) is 12.6. The molecule has 2 rings (SSSR count). The molecule has 5 nitrogen and oxygen atoms in total. The first kappa shape index (κ1) is 15.0.